The van der Waals surface area contributed by atoms with Gasteiger partial charge < -0.3 is 37.9 Å². The van der Waals surface area contributed by atoms with Gasteiger partial charge in [-0.2, -0.15) is 0 Å². The number of ketones is 2. The minimum absolute atomic E-state index is 0.185. The molecule has 6 aromatic rings. The van der Waals surface area contributed by atoms with Crippen molar-refractivity contribution in [2.45, 2.75) is 0 Å². The molecule has 0 bridgehead atoms. The van der Waals surface area contributed by atoms with Gasteiger partial charge in [-0.15, -0.1) is 0 Å². The van der Waals surface area contributed by atoms with E-state index in [-0.39, 0.29) is 11.6 Å². The molecule has 0 aliphatic rings. The predicted octanol–water partition coefficient (Wildman–Crippen LogP) is 9.22. The van der Waals surface area contributed by atoms with Crippen LogP contribution in [0.15, 0.2) is 109 Å². The molecule has 0 amide bonds. The van der Waals surface area contributed by atoms with Crippen molar-refractivity contribution in [3.05, 3.63) is 131 Å². The van der Waals surface area contributed by atoms with E-state index in [1.54, 1.807) is 62.8 Å². The molecule has 0 heterocycles. The highest BCUT2D eigenvalue weighted by Crippen LogP contribution is 2.41. The summed E-state index contributed by atoms with van der Waals surface area (Å²) < 4.78 is 44.2. The van der Waals surface area contributed by atoms with Crippen LogP contribution in [0.2, 0.25) is 0 Å². The first-order valence-corrected chi connectivity index (χ1v) is 17.5. The highest BCUT2D eigenvalue weighted by Gasteiger charge is 2.21. The molecule has 0 aliphatic heterocycles. The molecule has 0 spiro atoms. The second-order valence-corrected chi connectivity index (χ2v) is 12.5. The summed E-state index contributed by atoms with van der Waals surface area (Å²) in [6.45, 7) is 0. The third-order valence-electron chi connectivity index (χ3n) is 9.51. The monoisotopic (exact) mass is 754 g/mol. The summed E-state index contributed by atoms with van der Waals surface area (Å²) in [6, 6.07) is 33.2. The summed E-state index contributed by atoms with van der Waals surface area (Å²) >= 11 is 0. The van der Waals surface area contributed by atoms with Crippen molar-refractivity contribution < 1.29 is 47.5 Å². The lowest BCUT2D eigenvalue weighted by Crippen LogP contribution is -2.04. The molecule has 0 N–H and O–H groups in total. The highest BCUT2D eigenvalue weighted by molar-refractivity contribution is 6.10. The largest absolute Gasteiger partial charge is 0.496 e. The van der Waals surface area contributed by atoms with Crippen LogP contribution in [0, 0.1) is 0 Å². The molecule has 0 unspecified atom stereocenters. The number of methoxy groups -OCH3 is 8. The predicted molar refractivity (Wildman–Crippen MR) is 215 cm³/mol. The highest BCUT2D eigenvalue weighted by atomic mass is 16.5. The average Bonchev–Trinajstić information content (AvgIpc) is 3.26. The van der Waals surface area contributed by atoms with Gasteiger partial charge in [0.25, 0.3) is 0 Å². The van der Waals surface area contributed by atoms with E-state index < -0.39 is 0 Å². The van der Waals surface area contributed by atoms with E-state index in [4.69, 9.17) is 37.9 Å². The van der Waals surface area contributed by atoms with E-state index >= 15 is 0 Å². The first-order chi connectivity index (χ1) is 27.2. The van der Waals surface area contributed by atoms with Crippen molar-refractivity contribution in [2.24, 2.45) is 0 Å². The third kappa shape index (κ3) is 7.54. The Bertz CT molecular complexity index is 2160. The minimum atomic E-state index is -0.185. The number of hydrogen-bond donors (Lipinski definition) is 0. The van der Waals surface area contributed by atoms with Crippen LogP contribution in [0.1, 0.15) is 31.8 Å². The van der Waals surface area contributed by atoms with Gasteiger partial charge in [-0.1, -0.05) is 72.8 Å². The van der Waals surface area contributed by atoms with Crippen LogP contribution in [-0.2, 0) is 0 Å². The molecule has 0 radical (unpaired) electrons. The van der Waals surface area contributed by atoms with Gasteiger partial charge >= 0.3 is 0 Å². The van der Waals surface area contributed by atoms with E-state index in [9.17, 15) is 9.59 Å². The van der Waals surface area contributed by atoms with Gasteiger partial charge in [0.05, 0.1) is 56.9 Å². The zero-order valence-electron chi connectivity index (χ0n) is 32.5. The van der Waals surface area contributed by atoms with Crippen LogP contribution in [0.4, 0.5) is 0 Å². The van der Waals surface area contributed by atoms with Crippen molar-refractivity contribution in [1.29, 1.82) is 0 Å². The van der Waals surface area contributed by atoms with Crippen LogP contribution in [-0.4, -0.2) is 68.4 Å². The molecule has 0 aliphatic carbocycles. The number of benzene rings is 6. The Kier molecular flexibility index (Phi) is 11.8. The average molecular weight is 755 g/mol. The van der Waals surface area contributed by atoms with E-state index in [0.29, 0.717) is 68.2 Å². The first-order valence-electron chi connectivity index (χ1n) is 17.5. The molecular weight excluding hydrogens is 712 g/mol. The molecule has 0 aromatic heterocycles. The van der Waals surface area contributed by atoms with Crippen molar-refractivity contribution in [3.8, 4) is 79.4 Å². The number of carbonyl (C=O) groups excluding carboxylic acids is 2. The Labute approximate surface area is 326 Å². The molecule has 10 nitrogen and oxygen atoms in total. The van der Waals surface area contributed by atoms with E-state index in [0.717, 1.165) is 33.4 Å². The number of carbonyl (C=O) groups is 2. The number of rotatable bonds is 15. The molecule has 6 aromatic carbocycles. The van der Waals surface area contributed by atoms with Crippen LogP contribution in [0.5, 0.6) is 46.0 Å². The number of hydrogen-bond acceptors (Lipinski definition) is 10. The second-order valence-electron chi connectivity index (χ2n) is 12.5. The Morgan fingerprint density at radius 1 is 0.304 bits per heavy atom. The van der Waals surface area contributed by atoms with Gasteiger partial charge in [-0.05, 0) is 58.7 Å². The molecule has 0 saturated carbocycles. The smallest absolute Gasteiger partial charge is 0.203 e. The van der Waals surface area contributed by atoms with E-state index in [1.807, 2.05) is 60.7 Å². The van der Waals surface area contributed by atoms with Gasteiger partial charge in [-0.3, -0.25) is 9.59 Å². The van der Waals surface area contributed by atoms with Gasteiger partial charge in [0.1, 0.15) is 11.5 Å². The van der Waals surface area contributed by atoms with Crippen LogP contribution < -0.4 is 37.9 Å². The van der Waals surface area contributed by atoms with E-state index in [2.05, 4.69) is 0 Å². The summed E-state index contributed by atoms with van der Waals surface area (Å²) in [5.41, 5.74) is 7.19. The quantitative estimate of drug-likeness (QED) is 0.0942. The Morgan fingerprint density at radius 2 is 0.589 bits per heavy atom. The Hall–Kier alpha value is -6.94. The van der Waals surface area contributed by atoms with Crippen LogP contribution in [0.3, 0.4) is 0 Å². The van der Waals surface area contributed by atoms with Crippen molar-refractivity contribution in [3.63, 3.8) is 0 Å². The molecule has 0 saturated heterocycles. The SMILES string of the molecule is COc1cc(-c2ccc(-c3ccc(C(=O)c4cc(OC)c(OC)c(OC)c4)cc3)c(OC)c2)ccc1-c1ccc(C(=O)c2cc(OC)c(OC)c(OC)c2)cc1. The lowest BCUT2D eigenvalue weighted by Gasteiger charge is -2.15. The summed E-state index contributed by atoms with van der Waals surface area (Å²) in [5, 5.41) is 0. The fourth-order valence-corrected chi connectivity index (χ4v) is 6.58. The van der Waals surface area contributed by atoms with Gasteiger partial charge in [0, 0.05) is 33.4 Å². The summed E-state index contributed by atoms with van der Waals surface area (Å²) in [4.78, 5) is 26.9. The van der Waals surface area contributed by atoms with Crippen molar-refractivity contribution >= 4 is 11.6 Å². The fourth-order valence-electron chi connectivity index (χ4n) is 6.58. The zero-order valence-corrected chi connectivity index (χ0v) is 32.5. The van der Waals surface area contributed by atoms with Crippen molar-refractivity contribution in [1.82, 2.24) is 0 Å². The van der Waals surface area contributed by atoms with Gasteiger partial charge in [-0.25, -0.2) is 0 Å². The van der Waals surface area contributed by atoms with Crippen molar-refractivity contribution in [2.75, 3.05) is 56.9 Å². The summed E-state index contributed by atoms with van der Waals surface area (Å²) in [7, 11) is 12.3. The van der Waals surface area contributed by atoms with Crippen LogP contribution in [0.25, 0.3) is 33.4 Å². The Morgan fingerprint density at radius 3 is 0.857 bits per heavy atom. The standard InChI is InChI=1S/C46H42O10/c1-49-37-21-31(17-19-35(37)27-9-13-29(14-10-27)43(47)33-23-39(51-3)45(55-7)40(24-33)52-4)32-18-20-36(38(22-32)50-2)28-11-15-30(16-12-28)44(48)34-25-41(53-5)46(56-8)42(26-34)54-6/h9-26H,1-8H3. The second kappa shape index (κ2) is 17.0. The summed E-state index contributed by atoms with van der Waals surface area (Å²) in [5.74, 6) is 3.42. The van der Waals surface area contributed by atoms with E-state index in [1.165, 1.54) is 42.7 Å². The lowest BCUT2D eigenvalue weighted by atomic mass is 9.94. The maximum absolute atomic E-state index is 13.5. The normalized spacial score (nSPS) is 10.6. The Balaban J connectivity index is 1.22. The summed E-state index contributed by atoms with van der Waals surface area (Å²) in [6.07, 6.45) is 0. The topological polar surface area (TPSA) is 108 Å². The fraction of sp³-hybridized carbons (Fsp3) is 0.174. The molecule has 10 heteroatoms. The first kappa shape index (κ1) is 38.8. The molecule has 0 atom stereocenters. The third-order valence-corrected chi connectivity index (χ3v) is 9.51. The number of ether oxygens (including phenoxy) is 8. The molecular formula is C46H42O10. The molecule has 6 rings (SSSR count). The maximum atomic E-state index is 13.5. The molecule has 0 fully saturated rings. The van der Waals surface area contributed by atoms with Gasteiger partial charge in [0.15, 0.2) is 34.6 Å². The van der Waals surface area contributed by atoms with Crippen LogP contribution >= 0.6 is 0 Å². The van der Waals surface area contributed by atoms with Gasteiger partial charge in [0.2, 0.25) is 11.5 Å². The molecule has 56 heavy (non-hydrogen) atoms. The maximum Gasteiger partial charge on any atom is 0.203 e. The molecule has 286 valence electrons. The minimum Gasteiger partial charge on any atom is -0.496 e. The zero-order chi connectivity index (χ0) is 39.9. The lowest BCUT2D eigenvalue weighted by molar-refractivity contribution is 0.103.